The van der Waals surface area contributed by atoms with Crippen molar-refractivity contribution in [3.8, 4) is 17.0 Å². The summed E-state index contributed by atoms with van der Waals surface area (Å²) in [7, 11) is -2.21. The van der Waals surface area contributed by atoms with E-state index < -0.39 is 21.4 Å². The van der Waals surface area contributed by atoms with Gasteiger partial charge in [-0.25, -0.2) is 9.37 Å². The molecule has 3 aromatic rings. The first-order valence-electron chi connectivity index (χ1n) is 14.2. The van der Waals surface area contributed by atoms with Crippen LogP contribution < -0.4 is 19.7 Å². The van der Waals surface area contributed by atoms with E-state index in [0.717, 1.165) is 30.5 Å². The molecule has 0 unspecified atom stereocenters. The van der Waals surface area contributed by atoms with Gasteiger partial charge < -0.3 is 19.7 Å². The molecule has 1 aliphatic carbocycles. The van der Waals surface area contributed by atoms with E-state index in [1.54, 1.807) is 24.2 Å². The molecule has 6 rings (SSSR count). The second kappa shape index (κ2) is 12.1. The lowest BCUT2D eigenvalue weighted by Gasteiger charge is -2.37. The molecule has 0 bridgehead atoms. The van der Waals surface area contributed by atoms with Crippen molar-refractivity contribution in [1.82, 2.24) is 19.6 Å². The molecule has 1 spiro atoms. The van der Waals surface area contributed by atoms with Gasteiger partial charge in [-0.05, 0) is 25.0 Å². The number of rotatable bonds is 9. The molecule has 2 aromatic heterocycles. The lowest BCUT2D eigenvalue weighted by atomic mass is 9.64. The van der Waals surface area contributed by atoms with E-state index in [4.69, 9.17) is 9.47 Å². The molecule has 0 atom stereocenters. The third kappa shape index (κ3) is 5.64. The average molecular weight is 635 g/mol. The maximum absolute atomic E-state index is 15.6. The van der Waals surface area contributed by atoms with E-state index in [9.17, 15) is 13.2 Å². The molecule has 4 heterocycles. The monoisotopic (exact) mass is 634 g/mol. The number of likely N-dealkylation sites (N-methyl/N-ethyl adjacent to an activating group) is 1. The summed E-state index contributed by atoms with van der Waals surface area (Å²) in [5.41, 5.74) is 2.15. The highest BCUT2D eigenvalue weighted by atomic mass is 35.5. The summed E-state index contributed by atoms with van der Waals surface area (Å²) >= 11 is 0. The summed E-state index contributed by atoms with van der Waals surface area (Å²) in [5, 5.41) is 3.95. The molecule has 0 radical (unpaired) electrons. The number of carbonyl (C=O) groups is 1. The fourth-order valence-electron chi connectivity index (χ4n) is 5.99. The number of hydrogen-bond donors (Lipinski definition) is 2. The highest BCUT2D eigenvalue weighted by molar-refractivity contribution is 7.90. The molecule has 2 N–H and O–H groups in total. The normalized spacial score (nSPS) is 18.1. The predicted molar refractivity (Wildman–Crippen MR) is 165 cm³/mol. The summed E-state index contributed by atoms with van der Waals surface area (Å²) in [6, 6.07) is 4.85. The zero-order chi connectivity index (χ0) is 29.6. The number of anilines is 2. The van der Waals surface area contributed by atoms with Crippen LogP contribution in [-0.2, 0) is 25.2 Å². The number of morpholine rings is 1. The Labute approximate surface area is 256 Å². The Kier molecular flexibility index (Phi) is 8.83. The van der Waals surface area contributed by atoms with Gasteiger partial charge in [0.25, 0.3) is 0 Å². The number of hydrogen-bond acceptors (Lipinski definition) is 8. The van der Waals surface area contributed by atoms with Crippen molar-refractivity contribution in [1.29, 1.82) is 0 Å². The molecule has 43 heavy (non-hydrogen) atoms. The van der Waals surface area contributed by atoms with Gasteiger partial charge in [-0.2, -0.15) is 12.7 Å². The first kappa shape index (κ1) is 31.3. The van der Waals surface area contributed by atoms with E-state index in [-0.39, 0.29) is 61.2 Å². The molecule has 3 aliphatic rings. The summed E-state index contributed by atoms with van der Waals surface area (Å²) in [5.74, 6) is -0.404. The SMILES string of the molecule is CC(C)NCCOc1ncc(-c2cc3c4c(cnc3cc2F)N(C)C(=O)C42CCC2)cc1NS(=O)(=O)N1CCOCC1.Cl. The molecule has 1 saturated heterocycles. The lowest BCUT2D eigenvalue weighted by molar-refractivity contribution is -0.125. The van der Waals surface area contributed by atoms with Crippen molar-refractivity contribution < 1.29 is 27.1 Å². The maximum Gasteiger partial charge on any atom is 0.301 e. The second-order valence-corrected chi connectivity index (χ2v) is 13.0. The minimum absolute atomic E-state index is 0. The van der Waals surface area contributed by atoms with Crippen LogP contribution in [0.3, 0.4) is 0 Å². The Hall–Kier alpha value is -3.10. The Bertz CT molecular complexity index is 1650. The smallest absolute Gasteiger partial charge is 0.301 e. The van der Waals surface area contributed by atoms with Crippen LogP contribution in [0, 0.1) is 5.82 Å². The minimum Gasteiger partial charge on any atom is -0.475 e. The number of carbonyl (C=O) groups excluding carboxylic acids is 1. The Morgan fingerprint density at radius 2 is 1.88 bits per heavy atom. The Morgan fingerprint density at radius 3 is 2.56 bits per heavy atom. The van der Waals surface area contributed by atoms with E-state index in [1.165, 1.54) is 22.6 Å². The molecular weight excluding hydrogens is 599 g/mol. The second-order valence-electron chi connectivity index (χ2n) is 11.3. The zero-order valence-corrected chi connectivity index (χ0v) is 26.0. The topological polar surface area (TPSA) is 126 Å². The molecule has 232 valence electrons. The molecule has 1 aromatic carbocycles. The molecular formula is C29H36ClFN6O5S. The highest BCUT2D eigenvalue weighted by Gasteiger charge is 2.54. The van der Waals surface area contributed by atoms with Crippen LogP contribution in [0.25, 0.3) is 22.0 Å². The van der Waals surface area contributed by atoms with Gasteiger partial charge in [-0.1, -0.05) is 20.3 Å². The highest BCUT2D eigenvalue weighted by Crippen LogP contribution is 2.55. The maximum atomic E-state index is 15.6. The largest absolute Gasteiger partial charge is 0.475 e. The fraction of sp³-hybridized carbons (Fsp3) is 0.483. The van der Waals surface area contributed by atoms with Gasteiger partial charge in [0.15, 0.2) is 0 Å². The van der Waals surface area contributed by atoms with Gasteiger partial charge in [0.1, 0.15) is 18.1 Å². The van der Waals surface area contributed by atoms with E-state index >= 15 is 4.39 Å². The summed E-state index contributed by atoms with van der Waals surface area (Å²) in [4.78, 5) is 23.8. The van der Waals surface area contributed by atoms with Crippen LogP contribution in [0.4, 0.5) is 15.8 Å². The number of ether oxygens (including phenoxy) is 2. The first-order chi connectivity index (χ1) is 20.1. The quantitative estimate of drug-likeness (QED) is 0.342. The number of fused-ring (bicyclic) bond motifs is 4. The van der Waals surface area contributed by atoms with Gasteiger partial charge in [0.2, 0.25) is 11.8 Å². The van der Waals surface area contributed by atoms with Gasteiger partial charge >= 0.3 is 10.2 Å². The molecule has 2 fully saturated rings. The predicted octanol–water partition coefficient (Wildman–Crippen LogP) is 3.62. The van der Waals surface area contributed by atoms with Crippen LogP contribution in [0.1, 0.15) is 38.7 Å². The summed E-state index contributed by atoms with van der Waals surface area (Å²) in [6.07, 6.45) is 5.53. The van der Waals surface area contributed by atoms with Crippen LogP contribution >= 0.6 is 12.4 Å². The third-order valence-electron chi connectivity index (χ3n) is 8.30. The fourth-order valence-corrected chi connectivity index (χ4v) is 7.17. The number of pyridine rings is 2. The first-order valence-corrected chi connectivity index (χ1v) is 15.7. The lowest BCUT2D eigenvalue weighted by Crippen LogP contribution is -2.43. The van der Waals surface area contributed by atoms with Crippen molar-refractivity contribution in [2.24, 2.45) is 0 Å². The van der Waals surface area contributed by atoms with Crippen molar-refractivity contribution in [3.05, 3.63) is 42.0 Å². The number of nitrogens with one attached hydrogen (secondary N) is 2. The van der Waals surface area contributed by atoms with Crippen LogP contribution in [0.2, 0.25) is 0 Å². The van der Waals surface area contributed by atoms with E-state index in [2.05, 4.69) is 20.0 Å². The van der Waals surface area contributed by atoms with Gasteiger partial charge in [-0.15, -0.1) is 12.4 Å². The summed E-state index contributed by atoms with van der Waals surface area (Å²) in [6.45, 7) is 5.82. The molecule has 1 amide bonds. The van der Waals surface area contributed by atoms with Crippen molar-refractivity contribution in [2.45, 2.75) is 44.6 Å². The van der Waals surface area contributed by atoms with Crippen LogP contribution in [0.5, 0.6) is 5.88 Å². The number of benzene rings is 1. The van der Waals surface area contributed by atoms with Crippen LogP contribution in [-0.4, -0.2) is 81.1 Å². The zero-order valence-electron chi connectivity index (χ0n) is 24.4. The standard InChI is InChI=1S/C29H35FN6O5S.ClH/c1-18(2)31-7-10-41-27-24(34-42(38,39)36-8-11-40-12-9-36)13-19(16-33-27)20-14-21-23(15-22(20)30)32-17-25-26(21)29(5-4-6-29)28(37)35(25)3;/h13-18,31,34H,4-12H2,1-3H3;1H. The number of halogens is 2. The minimum atomic E-state index is -3.96. The van der Waals surface area contributed by atoms with Crippen molar-refractivity contribution >= 4 is 50.8 Å². The van der Waals surface area contributed by atoms with Gasteiger partial charge in [0.05, 0.1) is 36.0 Å². The number of nitrogens with zero attached hydrogens (tertiary/aromatic N) is 4. The van der Waals surface area contributed by atoms with Crippen molar-refractivity contribution in [2.75, 3.05) is 56.1 Å². The van der Waals surface area contributed by atoms with E-state index in [0.29, 0.717) is 36.2 Å². The molecule has 14 heteroatoms. The summed E-state index contributed by atoms with van der Waals surface area (Å²) < 4.78 is 57.2. The van der Waals surface area contributed by atoms with Crippen LogP contribution in [0.15, 0.2) is 30.6 Å². The molecule has 11 nitrogen and oxygen atoms in total. The number of amides is 1. The molecule has 2 aliphatic heterocycles. The Balaban J connectivity index is 0.00000368. The average Bonchev–Trinajstić information content (AvgIpc) is 3.18. The number of aromatic nitrogens is 2. The van der Waals surface area contributed by atoms with Gasteiger partial charge in [-0.3, -0.25) is 14.5 Å². The van der Waals surface area contributed by atoms with E-state index in [1.807, 2.05) is 13.8 Å². The van der Waals surface area contributed by atoms with Crippen molar-refractivity contribution in [3.63, 3.8) is 0 Å². The Morgan fingerprint density at radius 1 is 1.14 bits per heavy atom. The van der Waals surface area contributed by atoms with Gasteiger partial charge in [0, 0.05) is 67.1 Å². The third-order valence-corrected chi connectivity index (χ3v) is 9.83. The molecule has 1 saturated carbocycles.